The summed E-state index contributed by atoms with van der Waals surface area (Å²) in [6.45, 7) is 7.51. The summed E-state index contributed by atoms with van der Waals surface area (Å²) in [5, 5.41) is 6.79. The molecule has 0 atom stereocenters. The molecule has 6 heteroatoms. The first-order valence-corrected chi connectivity index (χ1v) is 11.7. The maximum Gasteiger partial charge on any atom is 0.268 e. The lowest BCUT2D eigenvalue weighted by Crippen LogP contribution is -2.29. The van der Waals surface area contributed by atoms with Crippen molar-refractivity contribution in [2.24, 2.45) is 0 Å². The predicted octanol–water partition coefficient (Wildman–Crippen LogP) is 5.24. The van der Waals surface area contributed by atoms with E-state index in [4.69, 9.17) is 4.74 Å². The fourth-order valence-corrected chi connectivity index (χ4v) is 4.14. The standard InChI is InChI=1S/C29H31N3O3/c1-19-6-5-7-22(14-19)18-32-26-11-10-25(31-28(33)23-9-8-20(2)21(3)15-23)16-24(26)17-27(32)29(34)30-12-13-35-4/h5-11,14-17H,12-13,18H2,1-4H3,(H,30,34)(H,31,33). The largest absolute Gasteiger partial charge is 0.383 e. The van der Waals surface area contributed by atoms with Gasteiger partial charge < -0.3 is 19.9 Å². The van der Waals surface area contributed by atoms with Crippen LogP contribution in [0.4, 0.5) is 5.69 Å². The number of methoxy groups -OCH3 is 1. The Labute approximate surface area is 205 Å². The maximum atomic E-state index is 13.0. The fraction of sp³-hybridized carbons (Fsp3) is 0.241. The Morgan fingerprint density at radius 3 is 2.46 bits per heavy atom. The highest BCUT2D eigenvalue weighted by Crippen LogP contribution is 2.26. The van der Waals surface area contributed by atoms with Gasteiger partial charge in [0.2, 0.25) is 0 Å². The van der Waals surface area contributed by atoms with Gasteiger partial charge in [0.1, 0.15) is 5.69 Å². The summed E-state index contributed by atoms with van der Waals surface area (Å²) in [5.74, 6) is -0.323. The highest BCUT2D eigenvalue weighted by atomic mass is 16.5. The summed E-state index contributed by atoms with van der Waals surface area (Å²) in [6, 6.07) is 21.5. The molecule has 0 aliphatic heterocycles. The Morgan fingerprint density at radius 2 is 1.71 bits per heavy atom. The van der Waals surface area contributed by atoms with Gasteiger partial charge in [-0.05, 0) is 73.9 Å². The Kier molecular flexibility index (Phi) is 7.32. The van der Waals surface area contributed by atoms with Gasteiger partial charge in [-0.2, -0.15) is 0 Å². The van der Waals surface area contributed by atoms with Gasteiger partial charge in [0.15, 0.2) is 0 Å². The Balaban J connectivity index is 1.66. The number of nitrogens with one attached hydrogen (secondary N) is 2. The third kappa shape index (κ3) is 5.61. The topological polar surface area (TPSA) is 72.4 Å². The van der Waals surface area contributed by atoms with Crippen molar-refractivity contribution in [3.63, 3.8) is 0 Å². The van der Waals surface area contributed by atoms with Gasteiger partial charge in [-0.1, -0.05) is 35.9 Å². The average molecular weight is 470 g/mol. The van der Waals surface area contributed by atoms with Crippen LogP contribution in [0.25, 0.3) is 10.9 Å². The highest BCUT2D eigenvalue weighted by Gasteiger charge is 2.17. The zero-order valence-corrected chi connectivity index (χ0v) is 20.6. The normalized spacial score (nSPS) is 11.0. The van der Waals surface area contributed by atoms with E-state index < -0.39 is 0 Å². The lowest BCUT2D eigenvalue weighted by Gasteiger charge is -2.12. The number of aromatic nitrogens is 1. The van der Waals surface area contributed by atoms with Crippen LogP contribution >= 0.6 is 0 Å². The van der Waals surface area contributed by atoms with E-state index in [1.807, 2.05) is 66.9 Å². The number of hydrogen-bond acceptors (Lipinski definition) is 3. The molecule has 35 heavy (non-hydrogen) atoms. The number of benzene rings is 3. The Bertz CT molecular complexity index is 1390. The molecule has 0 aliphatic carbocycles. The van der Waals surface area contributed by atoms with E-state index in [2.05, 4.69) is 35.8 Å². The molecule has 180 valence electrons. The second-order valence-electron chi connectivity index (χ2n) is 8.88. The lowest BCUT2D eigenvalue weighted by molar-refractivity contribution is 0.0928. The van der Waals surface area contributed by atoms with E-state index >= 15 is 0 Å². The van der Waals surface area contributed by atoms with Crippen LogP contribution in [0.3, 0.4) is 0 Å². The summed E-state index contributed by atoms with van der Waals surface area (Å²) in [4.78, 5) is 25.8. The number of rotatable bonds is 8. The van der Waals surface area contributed by atoms with Crippen molar-refractivity contribution in [3.8, 4) is 0 Å². The number of ether oxygens (including phenoxy) is 1. The molecule has 0 aliphatic rings. The second-order valence-corrected chi connectivity index (χ2v) is 8.88. The number of hydrogen-bond donors (Lipinski definition) is 2. The van der Waals surface area contributed by atoms with Gasteiger partial charge >= 0.3 is 0 Å². The van der Waals surface area contributed by atoms with Crippen molar-refractivity contribution in [1.82, 2.24) is 9.88 Å². The van der Waals surface area contributed by atoms with Gasteiger partial charge in [0, 0.05) is 42.4 Å². The molecule has 0 spiro atoms. The summed E-state index contributed by atoms with van der Waals surface area (Å²) < 4.78 is 7.08. The minimum Gasteiger partial charge on any atom is -0.383 e. The van der Waals surface area contributed by atoms with Crippen molar-refractivity contribution >= 4 is 28.4 Å². The quantitative estimate of drug-likeness (QED) is 0.347. The monoisotopic (exact) mass is 469 g/mol. The number of carbonyl (C=O) groups is 2. The van der Waals surface area contributed by atoms with E-state index in [0.29, 0.717) is 36.6 Å². The third-order valence-corrected chi connectivity index (χ3v) is 6.18. The zero-order valence-electron chi connectivity index (χ0n) is 20.6. The first kappa shape index (κ1) is 24.2. The SMILES string of the molecule is COCCNC(=O)c1cc2cc(NC(=O)c3ccc(C)c(C)c3)ccc2n1Cc1cccc(C)c1. The summed E-state index contributed by atoms with van der Waals surface area (Å²) in [7, 11) is 1.61. The summed E-state index contributed by atoms with van der Waals surface area (Å²) in [5.41, 5.74) is 7.28. The third-order valence-electron chi connectivity index (χ3n) is 6.18. The van der Waals surface area contributed by atoms with E-state index in [1.165, 1.54) is 5.56 Å². The first-order valence-electron chi connectivity index (χ1n) is 11.7. The number of fused-ring (bicyclic) bond motifs is 1. The number of nitrogens with zero attached hydrogens (tertiary/aromatic N) is 1. The molecule has 1 heterocycles. The predicted molar refractivity (Wildman–Crippen MR) is 140 cm³/mol. The van der Waals surface area contributed by atoms with Gasteiger partial charge in [-0.3, -0.25) is 9.59 Å². The molecular weight excluding hydrogens is 438 g/mol. The number of amides is 2. The van der Waals surface area contributed by atoms with Crippen molar-refractivity contribution in [2.45, 2.75) is 27.3 Å². The average Bonchev–Trinajstić information content (AvgIpc) is 3.18. The van der Waals surface area contributed by atoms with Gasteiger partial charge in [0.05, 0.1) is 6.61 Å². The van der Waals surface area contributed by atoms with Gasteiger partial charge in [-0.25, -0.2) is 0 Å². The molecule has 4 aromatic rings. The van der Waals surface area contributed by atoms with Crippen LogP contribution in [-0.4, -0.2) is 36.6 Å². The van der Waals surface area contributed by atoms with Crippen molar-refractivity contribution in [3.05, 3.63) is 100 Å². The molecule has 4 rings (SSSR count). The molecule has 0 saturated carbocycles. The van der Waals surface area contributed by atoms with Crippen LogP contribution < -0.4 is 10.6 Å². The number of carbonyl (C=O) groups excluding carboxylic acids is 2. The molecule has 0 unspecified atom stereocenters. The van der Waals surface area contributed by atoms with Crippen molar-refractivity contribution < 1.29 is 14.3 Å². The minimum atomic E-state index is -0.163. The summed E-state index contributed by atoms with van der Waals surface area (Å²) >= 11 is 0. The molecule has 6 nitrogen and oxygen atoms in total. The smallest absolute Gasteiger partial charge is 0.268 e. The maximum absolute atomic E-state index is 13.0. The van der Waals surface area contributed by atoms with Crippen LogP contribution in [0.2, 0.25) is 0 Å². The first-order chi connectivity index (χ1) is 16.9. The summed E-state index contributed by atoms with van der Waals surface area (Å²) in [6.07, 6.45) is 0. The number of aryl methyl sites for hydroxylation is 3. The second kappa shape index (κ2) is 10.6. The highest BCUT2D eigenvalue weighted by molar-refractivity contribution is 6.06. The van der Waals surface area contributed by atoms with E-state index in [-0.39, 0.29) is 11.8 Å². The van der Waals surface area contributed by atoms with Crippen molar-refractivity contribution in [2.75, 3.05) is 25.6 Å². The molecule has 3 aromatic carbocycles. The Hall–Kier alpha value is -3.90. The molecule has 0 radical (unpaired) electrons. The Morgan fingerprint density at radius 1 is 0.886 bits per heavy atom. The van der Waals surface area contributed by atoms with Crippen LogP contribution in [0, 0.1) is 20.8 Å². The zero-order chi connectivity index (χ0) is 24.9. The molecule has 0 bridgehead atoms. The van der Waals surface area contributed by atoms with Crippen LogP contribution in [0.15, 0.2) is 66.7 Å². The van der Waals surface area contributed by atoms with E-state index in [9.17, 15) is 9.59 Å². The lowest BCUT2D eigenvalue weighted by atomic mass is 10.1. The van der Waals surface area contributed by atoms with Crippen molar-refractivity contribution in [1.29, 1.82) is 0 Å². The molecule has 2 amide bonds. The minimum absolute atomic E-state index is 0.161. The fourth-order valence-electron chi connectivity index (χ4n) is 4.14. The molecule has 2 N–H and O–H groups in total. The van der Waals surface area contributed by atoms with Crippen LogP contribution in [0.1, 0.15) is 43.1 Å². The molecule has 0 saturated heterocycles. The van der Waals surface area contributed by atoms with Gasteiger partial charge in [-0.15, -0.1) is 0 Å². The molecule has 0 fully saturated rings. The van der Waals surface area contributed by atoms with Gasteiger partial charge in [0.25, 0.3) is 11.8 Å². The van der Waals surface area contributed by atoms with Crippen LogP contribution in [-0.2, 0) is 11.3 Å². The van der Waals surface area contributed by atoms with E-state index in [0.717, 1.165) is 27.6 Å². The molecular formula is C29H31N3O3. The van der Waals surface area contributed by atoms with Crippen LogP contribution in [0.5, 0.6) is 0 Å². The van der Waals surface area contributed by atoms with E-state index in [1.54, 1.807) is 7.11 Å². The molecule has 1 aromatic heterocycles. The number of anilines is 1.